The second-order valence-corrected chi connectivity index (χ2v) is 2.03. The Hall–Kier alpha value is -1.12. The Morgan fingerprint density at radius 2 is 2.22 bits per heavy atom. The molecule has 0 radical (unpaired) electrons. The maximum absolute atomic E-state index is 3.81. The summed E-state index contributed by atoms with van der Waals surface area (Å²) in [5.74, 6) is 0.942. The fourth-order valence-electron chi connectivity index (χ4n) is 0.654. The quantitative estimate of drug-likeness (QED) is 0.502. The van der Waals surface area contributed by atoms with Crippen molar-refractivity contribution in [3.8, 4) is 0 Å². The van der Waals surface area contributed by atoms with Gasteiger partial charge in [0.05, 0.1) is 0 Å². The summed E-state index contributed by atoms with van der Waals surface area (Å²) >= 11 is 0. The van der Waals surface area contributed by atoms with E-state index >= 15 is 0 Å². The lowest BCUT2D eigenvalue weighted by atomic mass is 10.6. The zero-order valence-corrected chi connectivity index (χ0v) is 5.76. The first-order valence-corrected chi connectivity index (χ1v) is 2.80. The first-order chi connectivity index (χ1) is 4.22. The Morgan fingerprint density at radius 3 is 2.67 bits per heavy atom. The molecule has 0 aromatic carbocycles. The molecule has 1 heterocycles. The smallest absolute Gasteiger partial charge is 0.119 e. The molecule has 0 unspecified atom stereocenters. The molecule has 0 aliphatic carbocycles. The predicted octanol–water partition coefficient (Wildman–Crippen LogP) is 0.311. The maximum atomic E-state index is 3.81. The van der Waals surface area contributed by atoms with Crippen molar-refractivity contribution >= 4 is 0 Å². The van der Waals surface area contributed by atoms with Crippen LogP contribution in [0, 0.1) is 0 Å². The van der Waals surface area contributed by atoms with Crippen molar-refractivity contribution in [2.24, 2.45) is 0 Å². The monoisotopic (exact) mass is 125 g/mol. The lowest BCUT2D eigenvalue weighted by Gasteiger charge is -2.31. The van der Waals surface area contributed by atoms with E-state index in [1.54, 1.807) is 0 Å². The summed E-state index contributed by atoms with van der Waals surface area (Å²) in [5, 5.41) is 1.85. The topological polar surface area (TPSA) is 18.5 Å². The van der Waals surface area contributed by atoms with Gasteiger partial charge in [-0.2, -0.15) is 0 Å². The third-order valence-corrected chi connectivity index (χ3v) is 1.36. The normalized spacial score (nSPS) is 18.2. The summed E-state index contributed by atoms with van der Waals surface area (Å²) in [5.41, 5.74) is 2.97. The van der Waals surface area contributed by atoms with Crippen molar-refractivity contribution in [3.05, 3.63) is 24.8 Å². The summed E-state index contributed by atoms with van der Waals surface area (Å²) < 4.78 is 0. The van der Waals surface area contributed by atoms with Gasteiger partial charge in [0, 0.05) is 26.5 Å². The largest absolute Gasteiger partial charge is 0.335 e. The molecule has 0 fully saturated rings. The van der Waals surface area contributed by atoms with Crippen LogP contribution >= 0.6 is 0 Å². The number of hydrazine groups is 1. The molecule has 3 heteroatoms. The number of hydrogen-bond donors (Lipinski definition) is 1. The van der Waals surface area contributed by atoms with Gasteiger partial charge in [-0.25, -0.2) is 0 Å². The summed E-state index contributed by atoms with van der Waals surface area (Å²) in [6.07, 6.45) is 3.77. The molecule has 1 N–H and O–H groups in total. The number of hydrogen-bond acceptors (Lipinski definition) is 3. The van der Waals surface area contributed by atoms with Crippen LogP contribution in [0.1, 0.15) is 0 Å². The second-order valence-electron chi connectivity index (χ2n) is 2.03. The van der Waals surface area contributed by atoms with Crippen LogP contribution in [0.4, 0.5) is 0 Å². The molecule has 9 heavy (non-hydrogen) atoms. The average molecular weight is 125 g/mol. The summed E-state index contributed by atoms with van der Waals surface area (Å²) in [7, 11) is 3.87. The van der Waals surface area contributed by atoms with Crippen LogP contribution in [-0.2, 0) is 0 Å². The van der Waals surface area contributed by atoms with E-state index in [-0.39, 0.29) is 0 Å². The Labute approximate surface area is 55.2 Å². The molecule has 0 bridgehead atoms. The Morgan fingerprint density at radius 1 is 1.56 bits per heavy atom. The van der Waals surface area contributed by atoms with E-state index < -0.39 is 0 Å². The van der Waals surface area contributed by atoms with Gasteiger partial charge in [0.25, 0.3) is 0 Å². The lowest BCUT2D eigenvalue weighted by molar-refractivity contribution is 0.250. The van der Waals surface area contributed by atoms with E-state index in [4.69, 9.17) is 0 Å². The summed E-state index contributed by atoms with van der Waals surface area (Å²) in [6.45, 7) is 3.81. The number of rotatable bonds is 0. The van der Waals surface area contributed by atoms with E-state index in [1.165, 1.54) is 0 Å². The van der Waals surface area contributed by atoms with Crippen LogP contribution in [-0.4, -0.2) is 24.0 Å². The van der Waals surface area contributed by atoms with Crippen molar-refractivity contribution in [1.29, 1.82) is 0 Å². The summed E-state index contributed by atoms with van der Waals surface area (Å²) in [4.78, 5) is 1.94. The van der Waals surface area contributed by atoms with E-state index in [2.05, 4.69) is 12.0 Å². The minimum absolute atomic E-state index is 0.942. The van der Waals surface area contributed by atoms with Gasteiger partial charge >= 0.3 is 0 Å². The second kappa shape index (κ2) is 2.01. The molecule has 0 spiro atoms. The number of nitrogens with zero attached hydrogens (tertiary/aromatic N) is 2. The lowest BCUT2D eigenvalue weighted by Crippen LogP contribution is -2.38. The Bertz CT molecular complexity index is 150. The molecule has 1 rings (SSSR count). The fourth-order valence-corrected chi connectivity index (χ4v) is 0.654. The highest BCUT2D eigenvalue weighted by Gasteiger charge is 2.05. The van der Waals surface area contributed by atoms with Crippen molar-refractivity contribution in [1.82, 2.24) is 15.3 Å². The van der Waals surface area contributed by atoms with Crippen molar-refractivity contribution in [2.75, 3.05) is 14.1 Å². The van der Waals surface area contributed by atoms with Gasteiger partial charge in [-0.1, -0.05) is 6.58 Å². The zero-order valence-electron chi connectivity index (χ0n) is 5.76. The fraction of sp³-hybridized carbons (Fsp3) is 0.333. The molecule has 0 saturated heterocycles. The highest BCUT2D eigenvalue weighted by molar-refractivity contribution is 5.00. The first-order valence-electron chi connectivity index (χ1n) is 2.80. The zero-order chi connectivity index (χ0) is 6.85. The third kappa shape index (κ3) is 0.988. The molecule has 0 saturated carbocycles. The standard InChI is InChI=1S/C6H11N3/c1-6-8(2)5-4-7-9(6)3/h4-5,7H,1H2,2-3H3. The van der Waals surface area contributed by atoms with Crippen molar-refractivity contribution < 1.29 is 0 Å². The summed E-state index contributed by atoms with van der Waals surface area (Å²) in [6, 6.07) is 0. The van der Waals surface area contributed by atoms with E-state index in [9.17, 15) is 0 Å². The molecular formula is C6H11N3. The van der Waals surface area contributed by atoms with Crippen LogP contribution < -0.4 is 5.43 Å². The molecule has 50 valence electrons. The molecule has 0 aromatic heterocycles. The maximum Gasteiger partial charge on any atom is 0.119 e. The van der Waals surface area contributed by atoms with Crippen molar-refractivity contribution in [2.45, 2.75) is 0 Å². The van der Waals surface area contributed by atoms with Gasteiger partial charge in [-0.3, -0.25) is 5.01 Å². The minimum atomic E-state index is 0.942. The molecule has 3 nitrogen and oxygen atoms in total. The first kappa shape index (κ1) is 6.01. The van der Waals surface area contributed by atoms with Crippen LogP contribution in [0.3, 0.4) is 0 Å². The van der Waals surface area contributed by atoms with Gasteiger partial charge in [-0.05, 0) is 0 Å². The van der Waals surface area contributed by atoms with E-state index in [1.807, 2.05) is 36.4 Å². The molecule has 1 aliphatic heterocycles. The van der Waals surface area contributed by atoms with Gasteiger partial charge < -0.3 is 10.3 Å². The van der Waals surface area contributed by atoms with Gasteiger partial charge in [-0.15, -0.1) is 0 Å². The van der Waals surface area contributed by atoms with Gasteiger partial charge in [0.15, 0.2) is 0 Å². The Kier molecular flexibility index (Phi) is 1.34. The van der Waals surface area contributed by atoms with Crippen LogP contribution in [0.5, 0.6) is 0 Å². The average Bonchev–Trinajstić information content (AvgIpc) is 1.83. The van der Waals surface area contributed by atoms with Crippen LogP contribution in [0.2, 0.25) is 0 Å². The van der Waals surface area contributed by atoms with Gasteiger partial charge in [0.2, 0.25) is 0 Å². The molecular weight excluding hydrogens is 114 g/mol. The molecule has 0 amide bonds. The van der Waals surface area contributed by atoms with E-state index in [0.717, 1.165) is 5.82 Å². The predicted molar refractivity (Wildman–Crippen MR) is 36.9 cm³/mol. The number of nitrogens with one attached hydrogen (secondary N) is 1. The highest BCUT2D eigenvalue weighted by atomic mass is 15.6. The van der Waals surface area contributed by atoms with Crippen LogP contribution in [0.25, 0.3) is 0 Å². The molecule has 0 aromatic rings. The van der Waals surface area contributed by atoms with Crippen LogP contribution in [0.15, 0.2) is 24.8 Å². The van der Waals surface area contributed by atoms with E-state index in [0.29, 0.717) is 0 Å². The SMILES string of the molecule is C=C1N(C)C=CNN1C. The Balaban J connectivity index is 2.69. The molecule has 0 atom stereocenters. The minimum Gasteiger partial charge on any atom is -0.335 e. The van der Waals surface area contributed by atoms with Crippen molar-refractivity contribution in [3.63, 3.8) is 0 Å². The highest BCUT2D eigenvalue weighted by Crippen LogP contribution is 2.04. The third-order valence-electron chi connectivity index (χ3n) is 1.36. The van der Waals surface area contributed by atoms with Gasteiger partial charge in [0.1, 0.15) is 5.82 Å². The molecule has 1 aliphatic rings.